The minimum atomic E-state index is -0.166. The second-order valence-corrected chi connectivity index (χ2v) is 5.52. The molecule has 0 atom stereocenters. The minimum Gasteiger partial charge on any atom is -0.508 e. The van der Waals surface area contributed by atoms with Gasteiger partial charge >= 0.3 is 0 Å². The Bertz CT molecular complexity index is 1110. The Hall–Kier alpha value is -3.40. The number of benzene rings is 3. The Morgan fingerprint density at radius 1 is 0.917 bits per heavy atom. The molecule has 0 saturated heterocycles. The fourth-order valence-corrected chi connectivity index (χ4v) is 2.98. The van der Waals surface area contributed by atoms with Crippen LogP contribution in [-0.4, -0.2) is 11.4 Å². The van der Waals surface area contributed by atoms with Crippen molar-refractivity contribution in [2.24, 2.45) is 0 Å². The first kappa shape index (κ1) is 14.2. The zero-order valence-corrected chi connectivity index (χ0v) is 12.5. The molecule has 4 heteroatoms. The van der Waals surface area contributed by atoms with Crippen molar-refractivity contribution in [1.29, 1.82) is 0 Å². The number of carbonyl (C=O) groups is 1. The normalized spacial score (nSPS) is 11.0. The highest BCUT2D eigenvalue weighted by atomic mass is 16.3. The summed E-state index contributed by atoms with van der Waals surface area (Å²) in [6.45, 7) is 0. The van der Waals surface area contributed by atoms with E-state index in [1.165, 1.54) is 18.2 Å². The lowest BCUT2D eigenvalue weighted by Crippen LogP contribution is -2.00. The number of aldehydes is 1. The molecule has 0 unspecified atom stereocenters. The number of rotatable bonds is 2. The van der Waals surface area contributed by atoms with Crippen molar-refractivity contribution >= 4 is 17.3 Å². The third-order valence-corrected chi connectivity index (χ3v) is 4.03. The van der Waals surface area contributed by atoms with Crippen LogP contribution in [0.1, 0.15) is 10.4 Å². The van der Waals surface area contributed by atoms with Gasteiger partial charge in [0.25, 0.3) is 0 Å². The van der Waals surface area contributed by atoms with E-state index in [9.17, 15) is 14.7 Å². The monoisotopic (exact) mass is 316 g/mol. The van der Waals surface area contributed by atoms with Crippen LogP contribution in [0.15, 0.2) is 69.9 Å². The predicted octanol–water partition coefficient (Wildman–Crippen LogP) is 4.08. The maximum atomic E-state index is 11.7. The molecule has 1 N–H and O–H groups in total. The van der Waals surface area contributed by atoms with Gasteiger partial charge in [0.2, 0.25) is 0 Å². The second kappa shape index (κ2) is 5.35. The highest BCUT2D eigenvalue weighted by Crippen LogP contribution is 2.41. The first-order valence-corrected chi connectivity index (χ1v) is 7.41. The maximum absolute atomic E-state index is 11.7. The maximum Gasteiger partial charge on any atom is 0.182 e. The molecule has 4 rings (SSSR count). The SMILES string of the molecule is O=Cc1ccccc1-c1c2ccc(=O)cc-2oc2cc(O)ccc12. The van der Waals surface area contributed by atoms with E-state index in [0.29, 0.717) is 16.9 Å². The van der Waals surface area contributed by atoms with E-state index < -0.39 is 0 Å². The van der Waals surface area contributed by atoms with E-state index >= 15 is 0 Å². The molecule has 24 heavy (non-hydrogen) atoms. The standard InChI is InChI=1S/C20H12O4/c21-11-12-3-1-2-4-15(12)20-16-7-5-13(22)9-18(16)24-19-10-14(23)6-8-17(19)20/h1-11,22H. The first-order valence-electron chi connectivity index (χ1n) is 7.41. The van der Waals surface area contributed by atoms with Gasteiger partial charge in [0.1, 0.15) is 17.1 Å². The van der Waals surface area contributed by atoms with E-state index in [1.54, 1.807) is 30.3 Å². The van der Waals surface area contributed by atoms with E-state index in [-0.39, 0.29) is 11.2 Å². The molecule has 2 aromatic carbocycles. The van der Waals surface area contributed by atoms with Gasteiger partial charge in [-0.25, -0.2) is 0 Å². The fraction of sp³-hybridized carbons (Fsp3) is 0. The summed E-state index contributed by atoms with van der Waals surface area (Å²) in [5.74, 6) is 0.481. The van der Waals surface area contributed by atoms with Crippen molar-refractivity contribution < 1.29 is 14.3 Å². The number of phenols is 1. The Labute approximate surface area is 136 Å². The van der Waals surface area contributed by atoms with Crippen molar-refractivity contribution in [2.45, 2.75) is 0 Å². The molecule has 0 amide bonds. The van der Waals surface area contributed by atoms with Crippen molar-refractivity contribution in [3.05, 3.63) is 76.5 Å². The molecule has 1 heterocycles. The van der Waals surface area contributed by atoms with Crippen LogP contribution in [0.5, 0.6) is 5.75 Å². The van der Waals surface area contributed by atoms with Gasteiger partial charge in [-0.1, -0.05) is 24.3 Å². The van der Waals surface area contributed by atoms with Gasteiger partial charge in [-0.15, -0.1) is 0 Å². The van der Waals surface area contributed by atoms with Crippen LogP contribution in [0.25, 0.3) is 33.4 Å². The Balaban J connectivity index is 2.23. The van der Waals surface area contributed by atoms with Gasteiger partial charge in [0, 0.05) is 34.2 Å². The Kier molecular flexibility index (Phi) is 3.17. The van der Waals surface area contributed by atoms with Crippen molar-refractivity contribution in [1.82, 2.24) is 0 Å². The average molecular weight is 316 g/mol. The van der Waals surface area contributed by atoms with Crippen molar-refractivity contribution in [3.63, 3.8) is 0 Å². The third-order valence-electron chi connectivity index (χ3n) is 4.03. The van der Waals surface area contributed by atoms with Gasteiger partial charge in [-0.3, -0.25) is 9.59 Å². The molecule has 0 fully saturated rings. The molecule has 1 aliphatic carbocycles. The topological polar surface area (TPSA) is 67.5 Å². The molecule has 116 valence electrons. The lowest BCUT2D eigenvalue weighted by atomic mass is 9.91. The highest BCUT2D eigenvalue weighted by Gasteiger charge is 2.19. The Morgan fingerprint density at radius 3 is 2.58 bits per heavy atom. The number of aromatic hydroxyl groups is 1. The number of hydrogen-bond donors (Lipinski definition) is 1. The summed E-state index contributed by atoms with van der Waals surface area (Å²) in [6, 6.07) is 16.6. The first-order chi connectivity index (χ1) is 11.7. The summed E-state index contributed by atoms with van der Waals surface area (Å²) in [5.41, 5.74) is 3.12. The zero-order chi connectivity index (χ0) is 16.7. The number of hydrogen-bond acceptors (Lipinski definition) is 4. The molecule has 0 aromatic heterocycles. The summed E-state index contributed by atoms with van der Waals surface area (Å²) in [6.07, 6.45) is 0.805. The molecule has 2 aliphatic rings. The average Bonchev–Trinajstić information content (AvgIpc) is 2.59. The molecule has 0 bridgehead atoms. The molecule has 4 nitrogen and oxygen atoms in total. The molecule has 0 radical (unpaired) electrons. The van der Waals surface area contributed by atoms with Gasteiger partial charge in [-0.05, 0) is 29.8 Å². The quantitative estimate of drug-likeness (QED) is 0.447. The van der Waals surface area contributed by atoms with E-state index in [0.717, 1.165) is 28.4 Å². The fourth-order valence-electron chi connectivity index (χ4n) is 2.98. The highest BCUT2D eigenvalue weighted by molar-refractivity contribution is 6.05. The Morgan fingerprint density at radius 2 is 1.75 bits per heavy atom. The third kappa shape index (κ3) is 2.16. The van der Waals surface area contributed by atoms with Crippen LogP contribution >= 0.6 is 0 Å². The molecule has 1 aliphatic heterocycles. The summed E-state index contributed by atoms with van der Waals surface area (Å²) in [7, 11) is 0. The number of fused-ring (bicyclic) bond motifs is 2. The van der Waals surface area contributed by atoms with Crippen LogP contribution in [-0.2, 0) is 0 Å². The van der Waals surface area contributed by atoms with Gasteiger partial charge < -0.3 is 9.52 Å². The summed E-state index contributed by atoms with van der Waals surface area (Å²) >= 11 is 0. The van der Waals surface area contributed by atoms with Gasteiger partial charge in [-0.2, -0.15) is 0 Å². The van der Waals surface area contributed by atoms with Crippen molar-refractivity contribution in [2.75, 3.05) is 0 Å². The number of phenolic OH excluding ortho intramolecular Hbond substituents is 1. The van der Waals surface area contributed by atoms with E-state index in [4.69, 9.17) is 4.42 Å². The van der Waals surface area contributed by atoms with Crippen LogP contribution in [0.3, 0.4) is 0 Å². The lowest BCUT2D eigenvalue weighted by Gasteiger charge is -2.16. The molecular formula is C20H12O4. The van der Waals surface area contributed by atoms with Crippen molar-refractivity contribution in [3.8, 4) is 28.2 Å². The van der Waals surface area contributed by atoms with Crippen LogP contribution in [0.4, 0.5) is 0 Å². The van der Waals surface area contributed by atoms with E-state index in [2.05, 4.69) is 0 Å². The molecule has 2 aromatic rings. The lowest BCUT2D eigenvalue weighted by molar-refractivity contribution is 0.112. The number of carbonyl (C=O) groups excluding carboxylic acids is 1. The van der Waals surface area contributed by atoms with E-state index in [1.807, 2.05) is 12.1 Å². The summed E-state index contributed by atoms with van der Waals surface area (Å²) in [4.78, 5) is 23.2. The smallest absolute Gasteiger partial charge is 0.182 e. The van der Waals surface area contributed by atoms with Crippen LogP contribution in [0.2, 0.25) is 0 Å². The molecule has 0 spiro atoms. The second-order valence-electron chi connectivity index (χ2n) is 5.52. The summed E-state index contributed by atoms with van der Waals surface area (Å²) in [5, 5.41) is 10.5. The minimum absolute atomic E-state index is 0.0681. The summed E-state index contributed by atoms with van der Waals surface area (Å²) < 4.78 is 5.80. The predicted molar refractivity (Wildman–Crippen MR) is 91.6 cm³/mol. The van der Waals surface area contributed by atoms with Crippen LogP contribution < -0.4 is 5.43 Å². The van der Waals surface area contributed by atoms with Gasteiger partial charge in [0.05, 0.1) is 0 Å². The largest absolute Gasteiger partial charge is 0.508 e. The van der Waals surface area contributed by atoms with Gasteiger partial charge in [0.15, 0.2) is 11.7 Å². The van der Waals surface area contributed by atoms with Crippen LogP contribution in [0, 0.1) is 0 Å². The zero-order valence-electron chi connectivity index (χ0n) is 12.5. The molecule has 0 saturated carbocycles. The molecular weight excluding hydrogens is 304 g/mol.